The van der Waals surface area contributed by atoms with Crippen LogP contribution in [0.3, 0.4) is 0 Å². The van der Waals surface area contributed by atoms with Gasteiger partial charge in [0.25, 0.3) is 5.91 Å². The predicted molar refractivity (Wildman–Crippen MR) is 109 cm³/mol. The monoisotopic (exact) mass is 405 g/mol. The lowest BCUT2D eigenvalue weighted by molar-refractivity contribution is -0.116. The first-order chi connectivity index (χ1) is 13.1. The third-order valence-corrected chi connectivity index (χ3v) is 5.68. The smallest absolute Gasteiger partial charge is 0.260 e. The summed E-state index contributed by atoms with van der Waals surface area (Å²) in [5.74, 6) is 1.35. The molecule has 8 heteroatoms. The molecule has 2 saturated heterocycles. The molecular weight excluding hydrogens is 386 g/mol. The van der Waals surface area contributed by atoms with Gasteiger partial charge in [0.05, 0.1) is 18.1 Å². The van der Waals surface area contributed by atoms with Gasteiger partial charge in [-0.3, -0.25) is 4.79 Å². The molecule has 2 fully saturated rings. The Morgan fingerprint density at radius 3 is 2.89 bits per heavy atom. The molecule has 27 heavy (non-hydrogen) atoms. The van der Waals surface area contributed by atoms with Crippen LogP contribution in [-0.4, -0.2) is 37.7 Å². The van der Waals surface area contributed by atoms with Gasteiger partial charge in [0, 0.05) is 35.9 Å². The second-order valence-corrected chi connectivity index (χ2v) is 7.94. The van der Waals surface area contributed by atoms with Crippen LogP contribution >= 0.6 is 23.4 Å². The lowest BCUT2D eigenvalue weighted by Gasteiger charge is -2.26. The second-order valence-electron chi connectivity index (χ2n) is 6.36. The number of benzene rings is 1. The van der Waals surface area contributed by atoms with Gasteiger partial charge in [-0.05, 0) is 36.8 Å². The van der Waals surface area contributed by atoms with E-state index in [1.807, 2.05) is 37.3 Å². The zero-order chi connectivity index (χ0) is 18.8. The van der Waals surface area contributed by atoms with Gasteiger partial charge in [0.1, 0.15) is 5.76 Å². The summed E-state index contributed by atoms with van der Waals surface area (Å²) in [5, 5.41) is 6.94. The molecule has 0 spiro atoms. The number of carbonyl (C=O) groups excluding carboxylic acids is 1. The maximum atomic E-state index is 12.3. The summed E-state index contributed by atoms with van der Waals surface area (Å²) in [4.78, 5) is 15.0. The summed E-state index contributed by atoms with van der Waals surface area (Å²) in [6.45, 7) is 5.00. The summed E-state index contributed by atoms with van der Waals surface area (Å²) in [7, 11) is 0. The van der Waals surface area contributed by atoms with Crippen LogP contribution in [0.5, 0.6) is 0 Å². The summed E-state index contributed by atoms with van der Waals surface area (Å²) >= 11 is 7.42. The average molecular weight is 406 g/mol. The van der Waals surface area contributed by atoms with Crippen LogP contribution in [0.1, 0.15) is 11.3 Å². The molecule has 1 atom stereocenters. The van der Waals surface area contributed by atoms with Crippen molar-refractivity contribution < 1.29 is 13.9 Å². The number of hydrogen-bond acceptors (Lipinski definition) is 6. The van der Waals surface area contributed by atoms with Crippen molar-refractivity contribution in [1.82, 2.24) is 5.32 Å². The molecule has 1 aromatic heterocycles. The SMILES string of the molecule is Cc1cc(Cl)ccc1NC1NC(=O)/C(=C/c2ccc(N3CCOCC3)o2)S1. The number of hydrogen-bond donors (Lipinski definition) is 2. The molecular formula is C19H20ClN3O3S. The summed E-state index contributed by atoms with van der Waals surface area (Å²) in [6, 6.07) is 9.44. The lowest BCUT2D eigenvalue weighted by Crippen LogP contribution is -2.35. The molecule has 4 rings (SSSR count). The summed E-state index contributed by atoms with van der Waals surface area (Å²) in [6.07, 6.45) is 1.78. The van der Waals surface area contributed by atoms with Crippen molar-refractivity contribution in [1.29, 1.82) is 0 Å². The molecule has 0 saturated carbocycles. The lowest BCUT2D eigenvalue weighted by atomic mass is 10.2. The molecule has 3 heterocycles. The fourth-order valence-corrected chi connectivity index (χ4v) is 4.18. The first kappa shape index (κ1) is 18.3. The van der Waals surface area contributed by atoms with Crippen LogP contribution < -0.4 is 15.5 Å². The van der Waals surface area contributed by atoms with Gasteiger partial charge in [0.15, 0.2) is 11.4 Å². The van der Waals surface area contributed by atoms with Crippen LogP contribution in [0.2, 0.25) is 5.02 Å². The van der Waals surface area contributed by atoms with E-state index < -0.39 is 0 Å². The largest absolute Gasteiger partial charge is 0.441 e. The Morgan fingerprint density at radius 1 is 1.30 bits per heavy atom. The average Bonchev–Trinajstić information content (AvgIpc) is 3.26. The topological polar surface area (TPSA) is 66.7 Å². The normalized spacial score (nSPS) is 21.6. The third-order valence-electron chi connectivity index (χ3n) is 4.41. The van der Waals surface area contributed by atoms with Crippen LogP contribution in [0, 0.1) is 6.92 Å². The first-order valence-corrected chi connectivity index (χ1v) is 9.99. The van der Waals surface area contributed by atoms with Crippen LogP contribution in [0.4, 0.5) is 11.6 Å². The van der Waals surface area contributed by atoms with Crippen molar-refractivity contribution in [3.63, 3.8) is 0 Å². The van der Waals surface area contributed by atoms with Crippen molar-refractivity contribution in [3.8, 4) is 0 Å². The van der Waals surface area contributed by atoms with Crippen LogP contribution in [-0.2, 0) is 9.53 Å². The van der Waals surface area contributed by atoms with E-state index in [1.54, 1.807) is 6.08 Å². The van der Waals surface area contributed by atoms with E-state index in [9.17, 15) is 4.79 Å². The molecule has 1 aromatic carbocycles. The van der Waals surface area contributed by atoms with Gasteiger partial charge in [-0.1, -0.05) is 23.4 Å². The summed E-state index contributed by atoms with van der Waals surface area (Å²) in [5.41, 5.74) is 1.72. The molecule has 1 unspecified atom stereocenters. The Bertz CT molecular complexity index is 877. The van der Waals surface area contributed by atoms with Crippen LogP contribution in [0.25, 0.3) is 6.08 Å². The zero-order valence-corrected chi connectivity index (χ0v) is 16.4. The fraction of sp³-hybridized carbons (Fsp3) is 0.316. The van der Waals surface area contributed by atoms with E-state index in [2.05, 4.69) is 15.5 Å². The van der Waals surface area contributed by atoms with Gasteiger partial charge in [-0.15, -0.1) is 0 Å². The minimum atomic E-state index is -0.239. The number of nitrogens with zero attached hydrogens (tertiary/aromatic N) is 1. The van der Waals surface area contributed by atoms with Gasteiger partial charge >= 0.3 is 0 Å². The zero-order valence-electron chi connectivity index (χ0n) is 14.8. The predicted octanol–water partition coefficient (Wildman–Crippen LogP) is 3.68. The van der Waals surface area contributed by atoms with Crippen molar-refractivity contribution in [3.05, 3.63) is 51.6 Å². The molecule has 142 valence electrons. The highest BCUT2D eigenvalue weighted by molar-refractivity contribution is 8.05. The number of thioether (sulfide) groups is 1. The Labute approximate surface area is 166 Å². The molecule has 2 aromatic rings. The van der Waals surface area contributed by atoms with Gasteiger partial charge in [0.2, 0.25) is 0 Å². The molecule has 2 aliphatic rings. The Hall–Kier alpha value is -2.09. The maximum absolute atomic E-state index is 12.3. The fourth-order valence-electron chi connectivity index (χ4n) is 3.00. The number of nitrogens with one attached hydrogen (secondary N) is 2. The standard InChI is InChI=1S/C19H20ClN3O3S/c1-12-10-13(20)2-4-15(12)21-19-22-18(24)16(27-19)11-14-3-5-17(26-14)23-6-8-25-9-7-23/h2-5,10-11,19,21H,6-9H2,1H3,(H,22,24)/b16-11-. The van der Waals surface area contributed by atoms with Gasteiger partial charge in [-0.2, -0.15) is 0 Å². The maximum Gasteiger partial charge on any atom is 0.260 e. The number of ether oxygens (including phenoxy) is 1. The highest BCUT2D eigenvalue weighted by atomic mass is 35.5. The number of morpholine rings is 1. The van der Waals surface area contributed by atoms with E-state index in [0.29, 0.717) is 28.9 Å². The minimum Gasteiger partial charge on any atom is -0.441 e. The highest BCUT2D eigenvalue weighted by Gasteiger charge is 2.28. The summed E-state index contributed by atoms with van der Waals surface area (Å²) < 4.78 is 11.2. The number of furan rings is 1. The number of aryl methyl sites for hydroxylation is 1. The van der Waals surface area contributed by atoms with E-state index in [1.165, 1.54) is 11.8 Å². The Morgan fingerprint density at radius 2 is 2.11 bits per heavy atom. The second kappa shape index (κ2) is 7.88. The van der Waals surface area contributed by atoms with E-state index in [-0.39, 0.29) is 11.4 Å². The number of anilines is 2. The quantitative estimate of drug-likeness (QED) is 0.756. The van der Waals surface area contributed by atoms with Crippen molar-refractivity contribution in [2.75, 3.05) is 36.5 Å². The molecule has 0 radical (unpaired) electrons. The molecule has 2 aliphatic heterocycles. The Balaban J connectivity index is 1.43. The molecule has 0 aliphatic carbocycles. The first-order valence-electron chi connectivity index (χ1n) is 8.73. The third kappa shape index (κ3) is 4.26. The van der Waals surface area contributed by atoms with Gasteiger partial charge < -0.3 is 24.7 Å². The molecule has 6 nitrogen and oxygen atoms in total. The van der Waals surface area contributed by atoms with Crippen molar-refractivity contribution in [2.45, 2.75) is 12.4 Å². The molecule has 1 amide bonds. The van der Waals surface area contributed by atoms with E-state index in [0.717, 1.165) is 30.2 Å². The number of carbonyl (C=O) groups is 1. The van der Waals surface area contributed by atoms with Gasteiger partial charge in [-0.25, -0.2) is 0 Å². The minimum absolute atomic E-state index is 0.117. The van der Waals surface area contributed by atoms with Crippen LogP contribution in [0.15, 0.2) is 39.7 Å². The number of amides is 1. The molecule has 2 N–H and O–H groups in total. The number of halogens is 1. The van der Waals surface area contributed by atoms with E-state index >= 15 is 0 Å². The van der Waals surface area contributed by atoms with Crippen molar-refractivity contribution in [2.24, 2.45) is 0 Å². The van der Waals surface area contributed by atoms with E-state index in [4.69, 9.17) is 20.8 Å². The highest BCUT2D eigenvalue weighted by Crippen LogP contribution is 2.32. The molecule has 0 bridgehead atoms. The Kier molecular flexibility index (Phi) is 5.33. The number of rotatable bonds is 4. The van der Waals surface area contributed by atoms with Crippen molar-refractivity contribution >= 4 is 46.9 Å².